The molecule has 1 atom stereocenters. The first-order valence-electron chi connectivity index (χ1n) is 6.24. The van der Waals surface area contributed by atoms with Gasteiger partial charge in [0.05, 0.1) is 14.7 Å². The molecule has 2 aromatic heterocycles. The van der Waals surface area contributed by atoms with Gasteiger partial charge in [-0.05, 0) is 51.3 Å². The third-order valence-corrected chi connectivity index (χ3v) is 6.50. The lowest BCUT2D eigenvalue weighted by Gasteiger charge is -2.13. The molecule has 1 aliphatic rings. The molecule has 1 amide bonds. The number of carbonyl (C=O) groups is 1. The van der Waals surface area contributed by atoms with E-state index in [1.807, 2.05) is 13.0 Å². The molecule has 0 bridgehead atoms. The number of hydrogen-bond acceptors (Lipinski definition) is 4. The largest absolute Gasteiger partial charge is 0.342 e. The second-order valence-electron chi connectivity index (χ2n) is 4.66. The monoisotopic (exact) mass is 418 g/mol. The number of carbonyl (C=O) groups excluding carboxylic acids is 1. The standard InChI is InChI=1S/C12H12Br2N4OS/c1-6(11-17-16-9-3-2-4-18(9)11)15-12(19)8-5-7(13)10(14)20-8/h5-6H,2-4H2,1H3,(H,15,19). The van der Waals surface area contributed by atoms with Crippen molar-refractivity contribution in [2.75, 3.05) is 0 Å². The Hall–Kier alpha value is -0.730. The molecule has 0 radical (unpaired) electrons. The van der Waals surface area contributed by atoms with E-state index in [9.17, 15) is 4.79 Å². The first-order valence-corrected chi connectivity index (χ1v) is 8.64. The van der Waals surface area contributed by atoms with Crippen molar-refractivity contribution in [3.8, 4) is 0 Å². The Bertz CT molecular complexity index is 647. The number of hydrogen-bond donors (Lipinski definition) is 1. The first-order chi connectivity index (χ1) is 9.56. The van der Waals surface area contributed by atoms with Crippen LogP contribution in [0.25, 0.3) is 0 Å². The van der Waals surface area contributed by atoms with E-state index < -0.39 is 0 Å². The van der Waals surface area contributed by atoms with Gasteiger partial charge in [0.25, 0.3) is 5.91 Å². The molecule has 0 aromatic carbocycles. The van der Waals surface area contributed by atoms with Crippen LogP contribution in [0.15, 0.2) is 14.3 Å². The molecule has 1 unspecified atom stereocenters. The second kappa shape index (κ2) is 5.57. The molecule has 20 heavy (non-hydrogen) atoms. The van der Waals surface area contributed by atoms with Crippen molar-refractivity contribution >= 4 is 49.1 Å². The van der Waals surface area contributed by atoms with Crippen LogP contribution in [-0.2, 0) is 13.0 Å². The summed E-state index contributed by atoms with van der Waals surface area (Å²) in [6, 6.07) is 1.66. The highest BCUT2D eigenvalue weighted by Gasteiger charge is 2.23. The molecule has 0 aliphatic carbocycles. The summed E-state index contributed by atoms with van der Waals surface area (Å²) in [5, 5.41) is 11.3. The van der Waals surface area contributed by atoms with Crippen LogP contribution < -0.4 is 5.32 Å². The lowest BCUT2D eigenvalue weighted by atomic mass is 10.3. The molecule has 0 spiro atoms. The Balaban J connectivity index is 1.75. The van der Waals surface area contributed by atoms with Crippen LogP contribution in [-0.4, -0.2) is 20.7 Å². The molecule has 8 heteroatoms. The lowest BCUT2D eigenvalue weighted by Crippen LogP contribution is -2.28. The topological polar surface area (TPSA) is 59.8 Å². The quantitative estimate of drug-likeness (QED) is 0.830. The van der Waals surface area contributed by atoms with Gasteiger partial charge in [-0.15, -0.1) is 21.5 Å². The fraction of sp³-hybridized carbons (Fsp3) is 0.417. The predicted molar refractivity (Wildman–Crippen MR) is 83.9 cm³/mol. The number of fused-ring (bicyclic) bond motifs is 1. The molecular weight excluding hydrogens is 408 g/mol. The zero-order chi connectivity index (χ0) is 14.3. The molecule has 2 aromatic rings. The minimum absolute atomic E-state index is 0.0933. The van der Waals surface area contributed by atoms with E-state index in [4.69, 9.17) is 0 Å². The summed E-state index contributed by atoms with van der Waals surface area (Å²) < 4.78 is 3.91. The van der Waals surface area contributed by atoms with E-state index in [1.54, 1.807) is 0 Å². The molecule has 0 saturated heterocycles. The summed E-state index contributed by atoms with van der Waals surface area (Å²) in [5.74, 6) is 1.76. The van der Waals surface area contributed by atoms with Gasteiger partial charge in [-0.2, -0.15) is 0 Å². The van der Waals surface area contributed by atoms with Crippen LogP contribution >= 0.6 is 43.2 Å². The molecule has 5 nitrogen and oxygen atoms in total. The number of aromatic nitrogens is 3. The SMILES string of the molecule is CC(NC(=O)c1cc(Br)c(Br)s1)c1nnc2n1CCC2. The summed E-state index contributed by atoms with van der Waals surface area (Å²) in [6.07, 6.45) is 2.07. The third-order valence-electron chi connectivity index (χ3n) is 3.24. The van der Waals surface area contributed by atoms with Gasteiger partial charge < -0.3 is 9.88 Å². The van der Waals surface area contributed by atoms with Crippen LogP contribution in [0.3, 0.4) is 0 Å². The fourth-order valence-electron chi connectivity index (χ4n) is 2.28. The number of nitrogens with zero attached hydrogens (tertiary/aromatic N) is 3. The second-order valence-corrected chi connectivity index (χ2v) is 7.88. The van der Waals surface area contributed by atoms with Crippen LogP contribution in [0.2, 0.25) is 0 Å². The van der Waals surface area contributed by atoms with E-state index in [1.165, 1.54) is 11.3 Å². The van der Waals surface area contributed by atoms with E-state index in [2.05, 4.69) is 51.9 Å². The molecule has 0 saturated carbocycles. The zero-order valence-electron chi connectivity index (χ0n) is 10.7. The van der Waals surface area contributed by atoms with Gasteiger partial charge in [0.15, 0.2) is 5.82 Å². The first kappa shape index (κ1) is 14.2. The van der Waals surface area contributed by atoms with Crippen molar-refractivity contribution in [1.82, 2.24) is 20.1 Å². The molecule has 3 rings (SSSR count). The number of halogens is 2. The molecule has 1 aliphatic heterocycles. The van der Waals surface area contributed by atoms with Crippen molar-refractivity contribution < 1.29 is 4.79 Å². The molecule has 1 N–H and O–H groups in total. The summed E-state index contributed by atoms with van der Waals surface area (Å²) >= 11 is 8.18. The van der Waals surface area contributed by atoms with Crippen molar-refractivity contribution in [2.45, 2.75) is 32.4 Å². The highest BCUT2D eigenvalue weighted by Crippen LogP contribution is 2.32. The van der Waals surface area contributed by atoms with Crippen LogP contribution in [0.5, 0.6) is 0 Å². The predicted octanol–water partition coefficient (Wildman–Crippen LogP) is 3.30. The van der Waals surface area contributed by atoms with Gasteiger partial charge in [-0.1, -0.05) is 0 Å². The maximum Gasteiger partial charge on any atom is 0.262 e. The molecule has 106 valence electrons. The summed E-state index contributed by atoms with van der Waals surface area (Å²) in [6.45, 7) is 2.87. The minimum atomic E-state index is -0.151. The van der Waals surface area contributed by atoms with E-state index >= 15 is 0 Å². The average molecular weight is 420 g/mol. The maximum absolute atomic E-state index is 12.2. The number of aryl methyl sites for hydroxylation is 1. The summed E-state index contributed by atoms with van der Waals surface area (Å²) in [7, 11) is 0. The van der Waals surface area contributed by atoms with Gasteiger partial charge in [-0.3, -0.25) is 4.79 Å². The van der Waals surface area contributed by atoms with Crippen molar-refractivity contribution in [3.05, 3.63) is 30.9 Å². The minimum Gasteiger partial charge on any atom is -0.342 e. The van der Waals surface area contributed by atoms with E-state index in [0.717, 1.165) is 39.3 Å². The average Bonchev–Trinajstić information content (AvgIpc) is 3.05. The Kier molecular flexibility index (Phi) is 3.96. The van der Waals surface area contributed by atoms with Gasteiger partial charge in [0, 0.05) is 17.4 Å². The van der Waals surface area contributed by atoms with Gasteiger partial charge in [-0.25, -0.2) is 0 Å². The molecular formula is C12H12Br2N4OS. The highest BCUT2D eigenvalue weighted by molar-refractivity contribution is 9.13. The summed E-state index contributed by atoms with van der Waals surface area (Å²) in [4.78, 5) is 12.9. The van der Waals surface area contributed by atoms with Gasteiger partial charge in [0.1, 0.15) is 5.82 Å². The Morgan fingerprint density at radius 1 is 1.50 bits per heavy atom. The number of thiophene rings is 1. The van der Waals surface area contributed by atoms with E-state index in [0.29, 0.717) is 4.88 Å². The van der Waals surface area contributed by atoms with Gasteiger partial charge >= 0.3 is 0 Å². The van der Waals surface area contributed by atoms with Gasteiger partial charge in [0.2, 0.25) is 0 Å². The van der Waals surface area contributed by atoms with Crippen LogP contribution in [0.1, 0.15) is 40.7 Å². The third kappa shape index (κ3) is 2.56. The Labute approximate surface area is 137 Å². The Morgan fingerprint density at radius 3 is 3.00 bits per heavy atom. The van der Waals surface area contributed by atoms with Crippen molar-refractivity contribution in [3.63, 3.8) is 0 Å². The smallest absolute Gasteiger partial charge is 0.262 e. The highest BCUT2D eigenvalue weighted by atomic mass is 79.9. The number of nitrogens with one attached hydrogen (secondary N) is 1. The fourth-order valence-corrected chi connectivity index (χ4v) is 4.22. The maximum atomic E-state index is 12.2. The van der Waals surface area contributed by atoms with Crippen LogP contribution in [0, 0.1) is 0 Å². The summed E-state index contributed by atoms with van der Waals surface area (Å²) in [5.41, 5.74) is 0. The molecule has 3 heterocycles. The lowest BCUT2D eigenvalue weighted by molar-refractivity contribution is 0.0941. The zero-order valence-corrected chi connectivity index (χ0v) is 14.7. The Morgan fingerprint density at radius 2 is 2.30 bits per heavy atom. The normalized spacial score (nSPS) is 15.2. The van der Waals surface area contributed by atoms with Crippen molar-refractivity contribution in [1.29, 1.82) is 0 Å². The number of amides is 1. The molecule has 0 fully saturated rings. The van der Waals surface area contributed by atoms with Crippen LogP contribution in [0.4, 0.5) is 0 Å². The van der Waals surface area contributed by atoms with E-state index in [-0.39, 0.29) is 11.9 Å². The number of rotatable bonds is 3. The van der Waals surface area contributed by atoms with Crippen molar-refractivity contribution in [2.24, 2.45) is 0 Å².